The zero-order valence-electron chi connectivity index (χ0n) is 7.21. The molecule has 0 fully saturated rings. The summed E-state index contributed by atoms with van der Waals surface area (Å²) in [6.07, 6.45) is -0.808. The van der Waals surface area contributed by atoms with E-state index in [1.54, 1.807) is 0 Å². The lowest BCUT2D eigenvalue weighted by Gasteiger charge is -1.95. The van der Waals surface area contributed by atoms with Gasteiger partial charge in [0.15, 0.2) is 11.5 Å². The Hall–Kier alpha value is -0.680. The van der Waals surface area contributed by atoms with Gasteiger partial charge < -0.3 is 0 Å². The molecule has 1 aromatic rings. The molecule has 0 saturated heterocycles. The first-order chi connectivity index (χ1) is 5.72. The van der Waals surface area contributed by atoms with E-state index in [1.807, 2.05) is 31.2 Å². The van der Waals surface area contributed by atoms with Gasteiger partial charge in [-0.15, -0.1) is 0 Å². The monoisotopic (exact) mass is 181 g/mol. The molecular formula is C10H11FP+. The molecule has 2 unspecified atom stereocenters. The van der Waals surface area contributed by atoms with Crippen LogP contribution in [0.2, 0.25) is 0 Å². The lowest BCUT2D eigenvalue weighted by Crippen LogP contribution is -2.01. The van der Waals surface area contributed by atoms with Crippen molar-refractivity contribution in [2.24, 2.45) is 0 Å². The van der Waals surface area contributed by atoms with Gasteiger partial charge in [0.2, 0.25) is 0 Å². The zero-order valence-corrected chi connectivity index (χ0v) is 8.11. The molecule has 2 heteroatoms. The van der Waals surface area contributed by atoms with Crippen LogP contribution in [-0.4, -0.2) is 12.0 Å². The van der Waals surface area contributed by atoms with Gasteiger partial charge in [-0.25, -0.2) is 4.39 Å². The molecule has 0 saturated carbocycles. The Balaban J connectivity index is 2.65. The van der Waals surface area contributed by atoms with Crippen LogP contribution in [0.3, 0.4) is 0 Å². The molecule has 0 aliphatic carbocycles. The van der Waals surface area contributed by atoms with E-state index in [0.29, 0.717) is 0 Å². The Morgan fingerprint density at radius 3 is 2.67 bits per heavy atom. The van der Waals surface area contributed by atoms with E-state index in [2.05, 4.69) is 6.66 Å². The van der Waals surface area contributed by atoms with Gasteiger partial charge >= 0.3 is 0 Å². The van der Waals surface area contributed by atoms with Crippen molar-refractivity contribution in [1.82, 2.24) is 0 Å². The van der Waals surface area contributed by atoms with Gasteiger partial charge in [-0.1, -0.05) is 18.2 Å². The van der Waals surface area contributed by atoms with Crippen LogP contribution in [0.1, 0.15) is 18.7 Å². The fraction of sp³-hybridized carbons (Fsp3) is 0.300. The van der Waals surface area contributed by atoms with Crippen molar-refractivity contribution in [3.63, 3.8) is 0 Å². The molecule has 2 atom stereocenters. The van der Waals surface area contributed by atoms with E-state index in [-0.39, 0.29) is 7.55 Å². The number of alkyl halides is 1. The van der Waals surface area contributed by atoms with Crippen LogP contribution in [0.5, 0.6) is 0 Å². The lowest BCUT2D eigenvalue weighted by molar-refractivity contribution is 0.445. The molecule has 2 rings (SSSR count). The molecule has 0 spiro atoms. The van der Waals surface area contributed by atoms with Crippen LogP contribution in [-0.2, 0) is 0 Å². The molecule has 0 N–H and O–H groups in total. The first-order valence-corrected chi connectivity index (χ1v) is 5.81. The Bertz CT molecular complexity index is 355. The van der Waals surface area contributed by atoms with E-state index in [9.17, 15) is 4.39 Å². The summed E-state index contributed by atoms with van der Waals surface area (Å²) in [6.45, 7) is 4.06. The third-order valence-corrected chi connectivity index (χ3v) is 4.88. The largest absolute Gasteiger partial charge is 0.233 e. The third-order valence-electron chi connectivity index (χ3n) is 2.47. The topological polar surface area (TPSA) is 0 Å². The zero-order chi connectivity index (χ0) is 8.72. The highest BCUT2D eigenvalue weighted by atomic mass is 31.1. The molecule has 0 bridgehead atoms. The highest BCUT2D eigenvalue weighted by Crippen LogP contribution is 2.37. The van der Waals surface area contributed by atoms with E-state index >= 15 is 0 Å². The molecule has 1 aliphatic heterocycles. The fourth-order valence-electron chi connectivity index (χ4n) is 1.59. The maximum Gasteiger partial charge on any atom is 0.189 e. The summed E-state index contributed by atoms with van der Waals surface area (Å²) >= 11 is 0. The van der Waals surface area contributed by atoms with Crippen molar-refractivity contribution in [2.45, 2.75) is 13.1 Å². The molecule has 0 aromatic heterocycles. The molecule has 1 heterocycles. The Morgan fingerprint density at radius 2 is 2.00 bits per heavy atom. The van der Waals surface area contributed by atoms with E-state index < -0.39 is 6.17 Å². The Kier molecular flexibility index (Phi) is 1.77. The highest BCUT2D eigenvalue weighted by Gasteiger charge is 2.34. The molecule has 0 amide bonds. The van der Waals surface area contributed by atoms with Crippen LogP contribution < -0.4 is 5.30 Å². The van der Waals surface area contributed by atoms with Crippen molar-refractivity contribution in [3.05, 3.63) is 29.8 Å². The van der Waals surface area contributed by atoms with Crippen LogP contribution in [0, 0.1) is 0 Å². The van der Waals surface area contributed by atoms with Crippen LogP contribution >= 0.6 is 7.55 Å². The van der Waals surface area contributed by atoms with Crippen LogP contribution in [0.15, 0.2) is 24.3 Å². The summed E-state index contributed by atoms with van der Waals surface area (Å²) < 4.78 is 13.5. The van der Waals surface area contributed by atoms with E-state index in [4.69, 9.17) is 0 Å². The summed E-state index contributed by atoms with van der Waals surface area (Å²) in [5.41, 5.74) is 0.892. The summed E-state index contributed by atoms with van der Waals surface area (Å²) in [5, 5.41) is 2.23. The average Bonchev–Trinajstić information content (AvgIpc) is 2.33. The lowest BCUT2D eigenvalue weighted by atomic mass is 10.1. The minimum atomic E-state index is -0.808. The SMILES string of the molecule is CC1=[P+](C)c2ccccc2C1F. The molecule has 0 nitrogen and oxygen atoms in total. The Labute approximate surface area is 72.8 Å². The predicted octanol–water partition coefficient (Wildman–Crippen LogP) is 2.64. The molecule has 1 aromatic carbocycles. The Morgan fingerprint density at radius 1 is 1.33 bits per heavy atom. The highest BCUT2D eigenvalue weighted by molar-refractivity contribution is 7.66. The summed E-state index contributed by atoms with van der Waals surface area (Å²) in [5.74, 6) is 0. The minimum absolute atomic E-state index is 0.340. The van der Waals surface area contributed by atoms with E-state index in [0.717, 1.165) is 10.9 Å². The maximum absolute atomic E-state index is 13.5. The van der Waals surface area contributed by atoms with Crippen LogP contribution in [0.25, 0.3) is 0 Å². The number of rotatable bonds is 0. The van der Waals surface area contributed by atoms with Gasteiger partial charge in [0, 0.05) is 5.56 Å². The normalized spacial score (nSPS) is 24.4. The van der Waals surface area contributed by atoms with Crippen molar-refractivity contribution in [3.8, 4) is 0 Å². The van der Waals surface area contributed by atoms with Gasteiger partial charge in [0.25, 0.3) is 0 Å². The van der Waals surface area contributed by atoms with Crippen molar-refractivity contribution in [2.75, 3.05) is 6.66 Å². The first kappa shape index (κ1) is 7.94. The molecule has 1 aliphatic rings. The second kappa shape index (κ2) is 2.67. The molecule has 0 radical (unpaired) electrons. The second-order valence-corrected chi connectivity index (χ2v) is 5.43. The number of hydrogen-bond acceptors (Lipinski definition) is 0. The number of hydrogen-bond donors (Lipinski definition) is 0. The average molecular weight is 181 g/mol. The van der Waals surface area contributed by atoms with Gasteiger partial charge in [-0.2, -0.15) is 0 Å². The smallest absolute Gasteiger partial charge is 0.189 e. The van der Waals surface area contributed by atoms with Gasteiger partial charge in [-0.3, -0.25) is 0 Å². The third kappa shape index (κ3) is 0.931. The quantitative estimate of drug-likeness (QED) is 0.540. The summed E-state index contributed by atoms with van der Waals surface area (Å²) in [6, 6.07) is 7.84. The minimum Gasteiger partial charge on any atom is -0.233 e. The summed E-state index contributed by atoms with van der Waals surface area (Å²) in [4.78, 5) is 0. The number of fused-ring (bicyclic) bond motifs is 1. The molecular weight excluding hydrogens is 170 g/mol. The number of benzene rings is 1. The van der Waals surface area contributed by atoms with Gasteiger partial charge in [0.1, 0.15) is 19.5 Å². The molecule has 62 valence electrons. The van der Waals surface area contributed by atoms with Gasteiger partial charge in [-0.05, 0) is 13.0 Å². The first-order valence-electron chi connectivity index (χ1n) is 4.02. The standard InChI is InChI=1S/C10H11FP/c1-7-10(11)8-5-3-4-6-9(8)12(7)2/h3-6,10H,1-2H3/q+1. The van der Waals surface area contributed by atoms with Crippen molar-refractivity contribution >= 4 is 18.1 Å². The summed E-state index contributed by atoms with van der Waals surface area (Å²) in [7, 11) is -0.340. The van der Waals surface area contributed by atoms with E-state index in [1.165, 1.54) is 5.30 Å². The maximum atomic E-state index is 13.5. The predicted molar refractivity (Wildman–Crippen MR) is 53.5 cm³/mol. The van der Waals surface area contributed by atoms with Crippen LogP contribution in [0.4, 0.5) is 4.39 Å². The van der Waals surface area contributed by atoms with Gasteiger partial charge in [0.05, 0.1) is 0 Å². The second-order valence-electron chi connectivity index (χ2n) is 3.12. The van der Waals surface area contributed by atoms with Crippen molar-refractivity contribution in [1.29, 1.82) is 0 Å². The molecule has 12 heavy (non-hydrogen) atoms. The van der Waals surface area contributed by atoms with Crippen molar-refractivity contribution < 1.29 is 4.39 Å². The fourth-order valence-corrected chi connectivity index (χ4v) is 3.34. The number of halogens is 1.